The number of para-hydroxylation sites is 1. The summed E-state index contributed by atoms with van der Waals surface area (Å²) in [5.41, 5.74) is 2.44. The van der Waals surface area contributed by atoms with Crippen LogP contribution < -0.4 is 19.8 Å². The smallest absolute Gasteiger partial charge is 0.395 e. The van der Waals surface area contributed by atoms with Gasteiger partial charge in [0.2, 0.25) is 5.43 Å². The highest BCUT2D eigenvalue weighted by molar-refractivity contribution is 5.58. The van der Waals surface area contributed by atoms with E-state index in [1.807, 2.05) is 35.0 Å². The number of nitrogens with zero attached hydrogens (tertiary/aromatic N) is 5. The summed E-state index contributed by atoms with van der Waals surface area (Å²) in [4.78, 5) is 14.8. The SMILES string of the molecule is O=c1ccn(C2CCN(c3ccc4c(c3)OC(F)(F)O4)CC2)nc1-c1ccnn1-c1ccccc1. The fourth-order valence-electron chi connectivity index (χ4n) is 4.58. The van der Waals surface area contributed by atoms with Gasteiger partial charge in [0.05, 0.1) is 23.6 Å². The third kappa shape index (κ3) is 4.01. The highest BCUT2D eigenvalue weighted by atomic mass is 19.3. The first-order valence-corrected chi connectivity index (χ1v) is 11.3. The van der Waals surface area contributed by atoms with Crippen LogP contribution in [0.25, 0.3) is 17.1 Å². The van der Waals surface area contributed by atoms with E-state index >= 15 is 0 Å². The number of halogens is 2. The molecule has 0 saturated carbocycles. The maximum Gasteiger partial charge on any atom is 0.586 e. The van der Waals surface area contributed by atoms with Crippen LogP contribution in [0.5, 0.6) is 11.5 Å². The largest absolute Gasteiger partial charge is 0.586 e. The Balaban J connectivity index is 1.21. The minimum Gasteiger partial charge on any atom is -0.395 e. The topological polar surface area (TPSA) is 74.4 Å². The van der Waals surface area contributed by atoms with Gasteiger partial charge >= 0.3 is 6.29 Å². The van der Waals surface area contributed by atoms with Crippen molar-refractivity contribution in [1.82, 2.24) is 19.6 Å². The number of ether oxygens (including phenoxy) is 2. The Morgan fingerprint density at radius 2 is 1.69 bits per heavy atom. The van der Waals surface area contributed by atoms with Crippen molar-refractivity contribution in [2.75, 3.05) is 18.0 Å². The van der Waals surface area contributed by atoms with Crippen LogP contribution in [0.1, 0.15) is 18.9 Å². The van der Waals surface area contributed by atoms with Gasteiger partial charge in [-0.05, 0) is 43.2 Å². The second-order valence-corrected chi connectivity index (χ2v) is 8.49. The molecule has 0 atom stereocenters. The molecular formula is C25H21F2N5O3. The van der Waals surface area contributed by atoms with Crippen molar-refractivity contribution in [3.05, 3.63) is 83.3 Å². The van der Waals surface area contributed by atoms with E-state index < -0.39 is 6.29 Å². The van der Waals surface area contributed by atoms with E-state index in [9.17, 15) is 13.6 Å². The summed E-state index contributed by atoms with van der Waals surface area (Å²) in [6, 6.07) is 17.8. The fraction of sp³-hybridized carbons (Fsp3) is 0.240. The van der Waals surface area contributed by atoms with Crippen molar-refractivity contribution in [2.24, 2.45) is 0 Å². The molecule has 2 aliphatic rings. The standard InChI is InChI=1S/C25H21F2N5O3/c26-25(27)34-22-7-6-19(16-23(22)35-25)30-13-9-17(10-14-30)31-15-11-21(33)24(29-31)20-8-12-28-32(20)18-4-2-1-3-5-18/h1-8,11-12,15-17H,9-10,13-14H2. The van der Waals surface area contributed by atoms with Crippen molar-refractivity contribution < 1.29 is 18.3 Å². The summed E-state index contributed by atoms with van der Waals surface area (Å²) in [5, 5.41) is 9.07. The molecule has 0 N–H and O–H groups in total. The van der Waals surface area contributed by atoms with Crippen molar-refractivity contribution >= 4 is 5.69 Å². The number of anilines is 1. The molecule has 8 nitrogen and oxygen atoms in total. The van der Waals surface area contributed by atoms with Gasteiger partial charge in [0.15, 0.2) is 17.2 Å². The summed E-state index contributed by atoms with van der Waals surface area (Å²) in [6.07, 6.45) is 1.30. The van der Waals surface area contributed by atoms with E-state index in [-0.39, 0.29) is 23.0 Å². The zero-order chi connectivity index (χ0) is 24.0. The zero-order valence-corrected chi connectivity index (χ0v) is 18.6. The lowest BCUT2D eigenvalue weighted by molar-refractivity contribution is -0.286. The molecule has 1 saturated heterocycles. The van der Waals surface area contributed by atoms with Crippen LogP contribution in [0.4, 0.5) is 14.5 Å². The third-order valence-electron chi connectivity index (χ3n) is 6.30. The van der Waals surface area contributed by atoms with Gasteiger partial charge in [0, 0.05) is 37.1 Å². The second kappa shape index (κ2) is 8.23. The molecule has 2 aliphatic heterocycles. The summed E-state index contributed by atoms with van der Waals surface area (Å²) >= 11 is 0. The van der Waals surface area contributed by atoms with Gasteiger partial charge in [0.1, 0.15) is 0 Å². The van der Waals surface area contributed by atoms with Crippen LogP contribution in [0.2, 0.25) is 0 Å². The van der Waals surface area contributed by atoms with Gasteiger partial charge < -0.3 is 14.4 Å². The van der Waals surface area contributed by atoms with Gasteiger partial charge in [-0.25, -0.2) is 4.68 Å². The molecule has 0 spiro atoms. The minimum absolute atomic E-state index is 0.0355. The van der Waals surface area contributed by atoms with Gasteiger partial charge in [-0.1, -0.05) is 18.2 Å². The normalized spacial score (nSPS) is 17.0. The number of hydrogen-bond donors (Lipinski definition) is 0. The van der Waals surface area contributed by atoms with Gasteiger partial charge in [-0.15, -0.1) is 8.78 Å². The van der Waals surface area contributed by atoms with Gasteiger partial charge in [-0.2, -0.15) is 10.2 Å². The quantitative estimate of drug-likeness (QED) is 0.437. The predicted octanol–water partition coefficient (Wildman–Crippen LogP) is 4.26. The Morgan fingerprint density at radius 1 is 0.914 bits per heavy atom. The first-order chi connectivity index (χ1) is 17.0. The minimum atomic E-state index is -3.63. The van der Waals surface area contributed by atoms with Crippen LogP contribution in [-0.2, 0) is 0 Å². The third-order valence-corrected chi connectivity index (χ3v) is 6.30. The predicted molar refractivity (Wildman–Crippen MR) is 124 cm³/mol. The van der Waals surface area contributed by atoms with Crippen LogP contribution in [0, 0.1) is 0 Å². The molecule has 4 heterocycles. The lowest BCUT2D eigenvalue weighted by Gasteiger charge is -2.34. The molecular weight excluding hydrogens is 456 g/mol. The summed E-state index contributed by atoms with van der Waals surface area (Å²) in [7, 11) is 0. The van der Waals surface area contributed by atoms with Crippen LogP contribution in [-0.4, -0.2) is 38.9 Å². The summed E-state index contributed by atoms with van der Waals surface area (Å²) in [5.74, 6) is 0.0738. The first-order valence-electron chi connectivity index (χ1n) is 11.3. The number of aromatic nitrogens is 4. The summed E-state index contributed by atoms with van der Waals surface area (Å²) in [6.45, 7) is 1.40. The molecule has 178 valence electrons. The summed E-state index contributed by atoms with van der Waals surface area (Å²) < 4.78 is 39.3. The van der Waals surface area contributed by atoms with Crippen LogP contribution in [0.3, 0.4) is 0 Å². The molecule has 0 bridgehead atoms. The number of hydrogen-bond acceptors (Lipinski definition) is 6. The average molecular weight is 477 g/mol. The highest BCUT2D eigenvalue weighted by Crippen LogP contribution is 2.43. The molecule has 0 amide bonds. The second-order valence-electron chi connectivity index (χ2n) is 8.49. The Labute approximate surface area is 198 Å². The molecule has 0 radical (unpaired) electrons. The molecule has 0 unspecified atom stereocenters. The van der Waals surface area contributed by atoms with Crippen molar-refractivity contribution in [3.8, 4) is 28.6 Å². The lowest BCUT2D eigenvalue weighted by atomic mass is 10.0. The molecule has 1 fully saturated rings. The van der Waals surface area contributed by atoms with Crippen molar-refractivity contribution in [3.63, 3.8) is 0 Å². The molecule has 35 heavy (non-hydrogen) atoms. The molecule has 2 aromatic carbocycles. The maximum absolute atomic E-state index is 13.3. The monoisotopic (exact) mass is 477 g/mol. The first kappa shape index (κ1) is 21.3. The van der Waals surface area contributed by atoms with Crippen molar-refractivity contribution in [1.29, 1.82) is 0 Å². The Hall–Kier alpha value is -4.21. The fourth-order valence-corrected chi connectivity index (χ4v) is 4.58. The van der Waals surface area contributed by atoms with E-state index in [1.54, 1.807) is 35.3 Å². The van der Waals surface area contributed by atoms with Crippen molar-refractivity contribution in [2.45, 2.75) is 25.2 Å². The number of benzene rings is 2. The number of alkyl halides is 2. The molecule has 0 aliphatic carbocycles. The number of piperidine rings is 1. The molecule has 10 heteroatoms. The van der Waals surface area contributed by atoms with Gasteiger partial charge in [0.25, 0.3) is 0 Å². The highest BCUT2D eigenvalue weighted by Gasteiger charge is 2.43. The zero-order valence-electron chi connectivity index (χ0n) is 18.6. The van der Waals surface area contributed by atoms with Gasteiger partial charge in [-0.3, -0.25) is 9.48 Å². The Kier molecular flexibility index (Phi) is 5.01. The van der Waals surface area contributed by atoms with E-state index in [0.717, 1.165) is 24.2 Å². The van der Waals surface area contributed by atoms with E-state index in [1.165, 1.54) is 12.1 Å². The molecule has 2 aromatic heterocycles. The average Bonchev–Trinajstić information content (AvgIpc) is 3.47. The van der Waals surface area contributed by atoms with E-state index in [4.69, 9.17) is 5.10 Å². The number of rotatable bonds is 4. The Morgan fingerprint density at radius 3 is 2.49 bits per heavy atom. The van der Waals surface area contributed by atoms with Crippen LogP contribution in [0.15, 0.2) is 77.9 Å². The van der Waals surface area contributed by atoms with E-state index in [2.05, 4.69) is 19.5 Å². The van der Waals surface area contributed by atoms with E-state index in [0.29, 0.717) is 24.5 Å². The lowest BCUT2D eigenvalue weighted by Crippen LogP contribution is -2.35. The molecule has 6 rings (SSSR count). The van der Waals surface area contributed by atoms with Crippen LogP contribution >= 0.6 is 0 Å². The molecule has 4 aromatic rings. The Bertz CT molecular complexity index is 1430. The number of fused-ring (bicyclic) bond motifs is 1. The maximum atomic E-state index is 13.3.